The number of morpholine rings is 1. The summed E-state index contributed by atoms with van der Waals surface area (Å²) in [4.78, 5) is 13.5. The number of anilines is 2. The molecule has 0 aliphatic carbocycles. The number of hydrogen-bond acceptors (Lipinski definition) is 9. The molecule has 3 N–H and O–H groups in total. The number of aliphatic imine (C=N–C) groups is 2. The lowest BCUT2D eigenvalue weighted by molar-refractivity contribution is 0.0671. The number of ether oxygens (including phenoxy) is 3. The summed E-state index contributed by atoms with van der Waals surface area (Å²) in [7, 11) is 3.23. The van der Waals surface area contributed by atoms with Gasteiger partial charge >= 0.3 is 0 Å². The van der Waals surface area contributed by atoms with Gasteiger partial charge in [0.15, 0.2) is 11.5 Å². The number of guanidine groups is 2. The van der Waals surface area contributed by atoms with E-state index in [1.807, 2.05) is 18.2 Å². The summed E-state index contributed by atoms with van der Waals surface area (Å²) in [5.74, 6) is 2.27. The highest BCUT2D eigenvalue weighted by molar-refractivity contribution is 6.06. The quantitative estimate of drug-likeness (QED) is 0.740. The first-order valence-corrected chi connectivity index (χ1v) is 10.6. The maximum Gasteiger partial charge on any atom is 0.222 e. The molecule has 9 heteroatoms. The second kappa shape index (κ2) is 9.35. The minimum atomic E-state index is -0.496. The van der Waals surface area contributed by atoms with E-state index in [9.17, 15) is 0 Å². The molecule has 170 valence electrons. The lowest BCUT2D eigenvalue weighted by Gasteiger charge is -2.41. The molecular weight excluding hydrogens is 408 g/mol. The van der Waals surface area contributed by atoms with E-state index < -0.39 is 6.29 Å². The largest absolute Gasteiger partial charge is 0.493 e. The summed E-state index contributed by atoms with van der Waals surface area (Å²) in [6.45, 7) is 6.92. The molecule has 0 saturated carbocycles. The van der Waals surface area contributed by atoms with Crippen molar-refractivity contribution in [3.05, 3.63) is 47.5 Å². The van der Waals surface area contributed by atoms with Crippen molar-refractivity contribution in [2.45, 2.75) is 20.1 Å². The first-order chi connectivity index (χ1) is 15.5. The van der Waals surface area contributed by atoms with E-state index in [2.05, 4.69) is 57.1 Å². The van der Waals surface area contributed by atoms with Gasteiger partial charge in [-0.2, -0.15) is 4.99 Å². The van der Waals surface area contributed by atoms with Gasteiger partial charge in [-0.05, 0) is 49.2 Å². The zero-order valence-electron chi connectivity index (χ0n) is 19.0. The predicted molar refractivity (Wildman–Crippen MR) is 127 cm³/mol. The van der Waals surface area contributed by atoms with Crippen LogP contribution in [0, 0.1) is 13.8 Å². The molecule has 4 rings (SSSR count). The Morgan fingerprint density at radius 1 is 1.00 bits per heavy atom. The van der Waals surface area contributed by atoms with Crippen molar-refractivity contribution in [1.82, 2.24) is 4.90 Å². The summed E-state index contributed by atoms with van der Waals surface area (Å²) < 4.78 is 16.4. The number of hydrogen-bond donors (Lipinski definition) is 2. The molecule has 0 amide bonds. The van der Waals surface area contributed by atoms with Gasteiger partial charge < -0.3 is 30.2 Å². The molecular formula is C23H30N6O3. The van der Waals surface area contributed by atoms with E-state index in [0.717, 1.165) is 41.6 Å². The molecule has 2 aliphatic rings. The molecule has 2 aromatic rings. The van der Waals surface area contributed by atoms with E-state index in [-0.39, 0.29) is 5.96 Å². The van der Waals surface area contributed by atoms with Crippen LogP contribution < -0.4 is 25.4 Å². The average molecular weight is 439 g/mol. The van der Waals surface area contributed by atoms with Gasteiger partial charge in [-0.3, -0.25) is 4.90 Å². The van der Waals surface area contributed by atoms with E-state index in [1.165, 1.54) is 0 Å². The van der Waals surface area contributed by atoms with Crippen LogP contribution >= 0.6 is 0 Å². The van der Waals surface area contributed by atoms with Crippen LogP contribution in [-0.2, 0) is 4.74 Å². The van der Waals surface area contributed by atoms with Gasteiger partial charge in [0.05, 0.1) is 27.4 Å². The zero-order valence-corrected chi connectivity index (χ0v) is 19.0. The molecule has 1 unspecified atom stereocenters. The molecule has 2 heterocycles. The van der Waals surface area contributed by atoms with Crippen LogP contribution in [0.3, 0.4) is 0 Å². The zero-order chi connectivity index (χ0) is 22.7. The van der Waals surface area contributed by atoms with E-state index in [4.69, 9.17) is 19.9 Å². The molecule has 1 fully saturated rings. The lowest BCUT2D eigenvalue weighted by atomic mass is 10.1. The second-order valence-corrected chi connectivity index (χ2v) is 7.80. The molecule has 1 atom stereocenters. The monoisotopic (exact) mass is 438 g/mol. The number of nitrogens with zero attached hydrogens (tertiary/aromatic N) is 4. The Balaban J connectivity index is 1.74. The number of rotatable bonds is 5. The molecule has 0 aromatic heterocycles. The van der Waals surface area contributed by atoms with Gasteiger partial charge in [0.2, 0.25) is 18.2 Å². The highest BCUT2D eigenvalue weighted by atomic mass is 16.5. The molecule has 1 saturated heterocycles. The Labute approximate surface area is 188 Å². The summed E-state index contributed by atoms with van der Waals surface area (Å²) in [6, 6.07) is 12.1. The van der Waals surface area contributed by atoms with Crippen LogP contribution in [0.25, 0.3) is 0 Å². The molecule has 2 aromatic carbocycles. The topological polar surface area (TPSA) is 96.9 Å². The van der Waals surface area contributed by atoms with Gasteiger partial charge in [-0.25, -0.2) is 4.99 Å². The Hall–Kier alpha value is -3.46. The average Bonchev–Trinajstić information content (AvgIpc) is 2.78. The molecule has 0 bridgehead atoms. The standard InChI is InChI=1S/C23H30N6O3/c1-15-11-16(2)13-18(12-15)29-22(25-17-5-6-19(30-3)20(14-17)31-4)26-21(24)27-23(29)28-7-9-32-10-8-28/h5-6,11-14,22,25H,7-10H2,1-4H3,(H2,24,26). The molecule has 9 nitrogen and oxygen atoms in total. The van der Waals surface area contributed by atoms with Gasteiger partial charge in [0.25, 0.3) is 0 Å². The number of nitrogens with two attached hydrogens (primary N) is 1. The molecule has 32 heavy (non-hydrogen) atoms. The number of aryl methyl sites for hydroxylation is 2. The summed E-state index contributed by atoms with van der Waals surface area (Å²) in [6.07, 6.45) is -0.496. The van der Waals surface area contributed by atoms with E-state index in [1.54, 1.807) is 14.2 Å². The van der Waals surface area contributed by atoms with Crippen LogP contribution in [0.15, 0.2) is 46.4 Å². The van der Waals surface area contributed by atoms with Crippen LogP contribution in [-0.4, -0.2) is 63.6 Å². The maximum absolute atomic E-state index is 6.17. The Morgan fingerprint density at radius 2 is 1.69 bits per heavy atom. The third kappa shape index (κ3) is 4.57. The summed E-state index contributed by atoms with van der Waals surface area (Å²) in [5, 5.41) is 3.48. The smallest absolute Gasteiger partial charge is 0.222 e. The van der Waals surface area contributed by atoms with Crippen molar-refractivity contribution in [3.8, 4) is 11.5 Å². The van der Waals surface area contributed by atoms with Crippen molar-refractivity contribution in [2.24, 2.45) is 15.7 Å². The molecule has 0 radical (unpaired) electrons. The van der Waals surface area contributed by atoms with E-state index in [0.29, 0.717) is 24.7 Å². The van der Waals surface area contributed by atoms with Crippen molar-refractivity contribution < 1.29 is 14.2 Å². The fourth-order valence-corrected chi connectivity index (χ4v) is 3.98. The van der Waals surface area contributed by atoms with Crippen molar-refractivity contribution >= 4 is 23.3 Å². The fraction of sp³-hybridized carbons (Fsp3) is 0.391. The van der Waals surface area contributed by atoms with Gasteiger partial charge in [-0.15, -0.1) is 0 Å². The first kappa shape index (κ1) is 21.8. The number of benzene rings is 2. The highest BCUT2D eigenvalue weighted by Gasteiger charge is 2.32. The highest BCUT2D eigenvalue weighted by Crippen LogP contribution is 2.32. The third-order valence-corrected chi connectivity index (χ3v) is 5.39. The van der Waals surface area contributed by atoms with Crippen molar-refractivity contribution in [3.63, 3.8) is 0 Å². The third-order valence-electron chi connectivity index (χ3n) is 5.39. The van der Waals surface area contributed by atoms with Crippen LogP contribution in [0.5, 0.6) is 11.5 Å². The predicted octanol–water partition coefficient (Wildman–Crippen LogP) is 2.54. The Bertz CT molecular complexity index is 1010. The Morgan fingerprint density at radius 3 is 2.34 bits per heavy atom. The van der Waals surface area contributed by atoms with Crippen LogP contribution in [0.1, 0.15) is 11.1 Å². The van der Waals surface area contributed by atoms with Crippen molar-refractivity contribution in [1.29, 1.82) is 0 Å². The van der Waals surface area contributed by atoms with Gasteiger partial charge in [0, 0.05) is 30.5 Å². The Kier molecular flexibility index (Phi) is 6.36. The van der Waals surface area contributed by atoms with Crippen LogP contribution in [0.4, 0.5) is 11.4 Å². The molecule has 2 aliphatic heterocycles. The molecule has 0 spiro atoms. The first-order valence-electron chi connectivity index (χ1n) is 10.6. The van der Waals surface area contributed by atoms with Crippen LogP contribution in [0.2, 0.25) is 0 Å². The van der Waals surface area contributed by atoms with E-state index >= 15 is 0 Å². The second-order valence-electron chi connectivity index (χ2n) is 7.80. The van der Waals surface area contributed by atoms with Gasteiger partial charge in [-0.1, -0.05) is 6.07 Å². The minimum absolute atomic E-state index is 0.227. The van der Waals surface area contributed by atoms with Crippen molar-refractivity contribution in [2.75, 3.05) is 50.7 Å². The summed E-state index contributed by atoms with van der Waals surface area (Å²) >= 11 is 0. The normalized spacial score (nSPS) is 18.7. The SMILES string of the molecule is COc1ccc(NC2N=C(N)N=C(N3CCOCC3)N2c2cc(C)cc(C)c2)cc1OC. The number of nitrogens with one attached hydrogen (secondary N) is 1. The fourth-order valence-electron chi connectivity index (χ4n) is 3.98. The lowest BCUT2D eigenvalue weighted by Crippen LogP contribution is -2.57. The maximum atomic E-state index is 6.17. The summed E-state index contributed by atoms with van der Waals surface area (Å²) in [5.41, 5.74) is 10.3. The van der Waals surface area contributed by atoms with Gasteiger partial charge in [0.1, 0.15) is 0 Å². The number of methoxy groups -OCH3 is 2. The minimum Gasteiger partial charge on any atom is -0.493 e.